The molecule has 0 aliphatic rings. The van der Waals surface area contributed by atoms with E-state index in [1.165, 1.54) is 51.2 Å². The second-order valence-electron chi connectivity index (χ2n) is 7.88. The van der Waals surface area contributed by atoms with Crippen molar-refractivity contribution in [3.05, 3.63) is 12.7 Å². The fraction of sp³-hybridized carbons (Fsp3) is 0.905. The molecule has 3 atom stereocenters. The highest BCUT2D eigenvalue weighted by molar-refractivity contribution is 7.86. The second kappa shape index (κ2) is 14.8. The molecule has 0 fully saturated rings. The molecule has 0 radical (unpaired) electrons. The van der Waals surface area contributed by atoms with Crippen LogP contribution in [0.5, 0.6) is 0 Å². The zero-order valence-corrected chi connectivity index (χ0v) is 18.0. The van der Waals surface area contributed by atoms with Gasteiger partial charge in [-0.1, -0.05) is 78.2 Å². The van der Waals surface area contributed by atoms with Crippen LogP contribution in [0.15, 0.2) is 12.7 Å². The molecule has 3 nitrogen and oxygen atoms in total. The molecule has 0 N–H and O–H groups in total. The van der Waals surface area contributed by atoms with E-state index in [1.807, 2.05) is 6.08 Å². The summed E-state index contributed by atoms with van der Waals surface area (Å²) in [6, 6.07) is 0. The third-order valence-electron chi connectivity index (χ3n) is 4.80. The predicted molar refractivity (Wildman–Crippen MR) is 109 cm³/mol. The minimum Gasteiger partial charge on any atom is -0.267 e. The van der Waals surface area contributed by atoms with Crippen LogP contribution < -0.4 is 0 Å². The van der Waals surface area contributed by atoms with E-state index in [-0.39, 0.29) is 6.10 Å². The molecule has 150 valence electrons. The van der Waals surface area contributed by atoms with E-state index >= 15 is 0 Å². The SMILES string of the molecule is C=CCCCCCCC[C@@H](C)CC(C[C@@H](C)CCCC)OS(C)(=O)=O. The van der Waals surface area contributed by atoms with E-state index in [4.69, 9.17) is 4.18 Å². The summed E-state index contributed by atoms with van der Waals surface area (Å²) in [5, 5.41) is 0. The van der Waals surface area contributed by atoms with Crippen molar-refractivity contribution in [3.63, 3.8) is 0 Å². The summed E-state index contributed by atoms with van der Waals surface area (Å²) in [5.41, 5.74) is 0. The van der Waals surface area contributed by atoms with Crippen molar-refractivity contribution >= 4 is 10.1 Å². The normalized spacial score (nSPS) is 15.7. The Kier molecular flexibility index (Phi) is 14.6. The molecule has 0 amide bonds. The van der Waals surface area contributed by atoms with Gasteiger partial charge < -0.3 is 0 Å². The van der Waals surface area contributed by atoms with Crippen LogP contribution in [0, 0.1) is 11.8 Å². The first-order valence-electron chi connectivity index (χ1n) is 10.3. The minimum atomic E-state index is -3.38. The third kappa shape index (κ3) is 16.8. The Morgan fingerprint density at radius 3 is 1.96 bits per heavy atom. The molecule has 0 saturated heterocycles. The molecule has 1 unspecified atom stereocenters. The Balaban J connectivity index is 4.17. The Bertz CT molecular complexity index is 417. The van der Waals surface area contributed by atoms with Crippen molar-refractivity contribution in [1.82, 2.24) is 0 Å². The van der Waals surface area contributed by atoms with Gasteiger partial charge in [0.25, 0.3) is 10.1 Å². The Morgan fingerprint density at radius 2 is 1.44 bits per heavy atom. The first-order valence-corrected chi connectivity index (χ1v) is 12.1. The molecule has 0 aliphatic carbocycles. The van der Waals surface area contributed by atoms with Gasteiger partial charge >= 0.3 is 0 Å². The van der Waals surface area contributed by atoms with Crippen molar-refractivity contribution in [1.29, 1.82) is 0 Å². The largest absolute Gasteiger partial charge is 0.267 e. The van der Waals surface area contributed by atoms with Crippen LogP contribution in [0.1, 0.15) is 97.8 Å². The van der Waals surface area contributed by atoms with E-state index in [0.717, 1.165) is 32.1 Å². The van der Waals surface area contributed by atoms with Gasteiger partial charge in [0, 0.05) is 0 Å². The lowest BCUT2D eigenvalue weighted by molar-refractivity contribution is 0.146. The first kappa shape index (κ1) is 24.7. The van der Waals surface area contributed by atoms with Crippen LogP contribution in [-0.2, 0) is 14.3 Å². The number of hydrogen-bond acceptors (Lipinski definition) is 3. The van der Waals surface area contributed by atoms with Gasteiger partial charge in [-0.15, -0.1) is 6.58 Å². The van der Waals surface area contributed by atoms with Crippen LogP contribution in [0.2, 0.25) is 0 Å². The molecular formula is C21H42O3S. The van der Waals surface area contributed by atoms with Crippen molar-refractivity contribution in [2.24, 2.45) is 11.8 Å². The van der Waals surface area contributed by atoms with Gasteiger partial charge in [0.2, 0.25) is 0 Å². The Hall–Kier alpha value is -0.350. The van der Waals surface area contributed by atoms with Gasteiger partial charge in [-0.2, -0.15) is 8.42 Å². The zero-order valence-electron chi connectivity index (χ0n) is 17.1. The highest BCUT2D eigenvalue weighted by atomic mass is 32.2. The monoisotopic (exact) mass is 374 g/mol. The topological polar surface area (TPSA) is 43.4 Å². The van der Waals surface area contributed by atoms with Gasteiger partial charge in [-0.3, -0.25) is 4.18 Å². The van der Waals surface area contributed by atoms with Crippen molar-refractivity contribution < 1.29 is 12.6 Å². The maximum Gasteiger partial charge on any atom is 0.264 e. The van der Waals surface area contributed by atoms with Crippen molar-refractivity contribution in [3.8, 4) is 0 Å². The molecule has 25 heavy (non-hydrogen) atoms. The second-order valence-corrected chi connectivity index (χ2v) is 9.48. The van der Waals surface area contributed by atoms with E-state index in [2.05, 4.69) is 27.4 Å². The van der Waals surface area contributed by atoms with E-state index in [0.29, 0.717) is 11.8 Å². The summed E-state index contributed by atoms with van der Waals surface area (Å²) < 4.78 is 28.5. The number of unbranched alkanes of at least 4 members (excludes halogenated alkanes) is 6. The third-order valence-corrected chi connectivity index (χ3v) is 5.42. The Labute approximate surface area is 157 Å². The maximum absolute atomic E-state index is 11.6. The first-order chi connectivity index (χ1) is 11.8. The van der Waals surface area contributed by atoms with Crippen molar-refractivity contribution in [2.45, 2.75) is 104 Å². The van der Waals surface area contributed by atoms with Crippen molar-refractivity contribution in [2.75, 3.05) is 6.26 Å². The quantitative estimate of drug-likeness (QED) is 0.166. The summed E-state index contributed by atoms with van der Waals surface area (Å²) >= 11 is 0. The van der Waals surface area contributed by atoms with Crippen LogP contribution in [0.3, 0.4) is 0 Å². The maximum atomic E-state index is 11.6. The lowest BCUT2D eigenvalue weighted by atomic mass is 9.90. The van der Waals surface area contributed by atoms with Crippen LogP contribution >= 0.6 is 0 Å². The lowest BCUT2D eigenvalue weighted by Crippen LogP contribution is -2.23. The molecule has 0 aromatic carbocycles. The van der Waals surface area contributed by atoms with Crippen LogP contribution in [-0.4, -0.2) is 20.8 Å². The lowest BCUT2D eigenvalue weighted by Gasteiger charge is -2.23. The van der Waals surface area contributed by atoms with E-state index in [1.54, 1.807) is 0 Å². The molecule has 0 aromatic heterocycles. The highest BCUT2D eigenvalue weighted by Gasteiger charge is 2.21. The molecule has 0 rings (SSSR count). The average molecular weight is 375 g/mol. The minimum absolute atomic E-state index is 0.163. The highest BCUT2D eigenvalue weighted by Crippen LogP contribution is 2.24. The fourth-order valence-electron chi connectivity index (χ4n) is 3.42. The zero-order chi connectivity index (χ0) is 19.1. The smallest absolute Gasteiger partial charge is 0.264 e. The number of rotatable bonds is 17. The molecule has 0 aliphatic heterocycles. The molecule has 0 spiro atoms. The summed E-state index contributed by atoms with van der Waals surface area (Å²) in [5.74, 6) is 1.03. The van der Waals surface area contributed by atoms with Crippen LogP contribution in [0.4, 0.5) is 0 Å². The molecular weight excluding hydrogens is 332 g/mol. The molecule has 0 saturated carbocycles. The van der Waals surface area contributed by atoms with Gasteiger partial charge in [-0.25, -0.2) is 0 Å². The molecule has 4 heteroatoms. The van der Waals surface area contributed by atoms with E-state index in [9.17, 15) is 8.42 Å². The molecule has 0 bridgehead atoms. The Morgan fingerprint density at radius 1 is 0.920 bits per heavy atom. The van der Waals surface area contributed by atoms with Gasteiger partial charge in [0.15, 0.2) is 0 Å². The van der Waals surface area contributed by atoms with Gasteiger partial charge in [-0.05, 0) is 37.5 Å². The standard InChI is InChI=1S/C21H42O3S/c1-6-8-10-11-12-13-14-16-20(4)18-21(24-25(5,22)23)17-19(3)15-9-7-2/h6,19-21H,1,7-18H2,2-5H3/t19-,20+,21?/m0/s1. The average Bonchev–Trinajstić information content (AvgIpc) is 2.50. The molecule has 0 aromatic rings. The predicted octanol–water partition coefficient (Wildman–Crippen LogP) is 6.49. The summed E-state index contributed by atoms with van der Waals surface area (Å²) in [6.45, 7) is 10.4. The summed E-state index contributed by atoms with van der Waals surface area (Å²) in [6.07, 6.45) is 16.8. The van der Waals surface area contributed by atoms with Gasteiger partial charge in [0.05, 0.1) is 12.4 Å². The van der Waals surface area contributed by atoms with Gasteiger partial charge in [0.1, 0.15) is 0 Å². The van der Waals surface area contributed by atoms with Crippen LogP contribution in [0.25, 0.3) is 0 Å². The number of hydrogen-bond donors (Lipinski definition) is 0. The molecule has 0 heterocycles. The number of allylic oxidation sites excluding steroid dienone is 1. The summed E-state index contributed by atoms with van der Waals surface area (Å²) in [4.78, 5) is 0. The fourth-order valence-corrected chi connectivity index (χ4v) is 4.07. The van der Waals surface area contributed by atoms with E-state index < -0.39 is 10.1 Å². The summed E-state index contributed by atoms with van der Waals surface area (Å²) in [7, 11) is -3.38.